The van der Waals surface area contributed by atoms with Crippen molar-refractivity contribution in [3.63, 3.8) is 0 Å². The second-order valence-corrected chi connectivity index (χ2v) is 6.00. The van der Waals surface area contributed by atoms with E-state index in [1.165, 1.54) is 27.4 Å². The zero-order chi connectivity index (χ0) is 21.0. The van der Waals surface area contributed by atoms with Crippen LogP contribution in [0.4, 0.5) is 0 Å². The van der Waals surface area contributed by atoms with Crippen molar-refractivity contribution in [1.82, 2.24) is 9.66 Å². The number of rotatable bonds is 6. The average Bonchev–Trinajstić information content (AvgIpc) is 2.73. The first-order chi connectivity index (χ1) is 14.0. The van der Waals surface area contributed by atoms with Gasteiger partial charge in [0.05, 0.1) is 31.3 Å². The third-order valence-electron chi connectivity index (χ3n) is 4.15. The summed E-state index contributed by atoms with van der Waals surface area (Å²) in [6.45, 7) is 1.53. The Hall–Kier alpha value is -3.88. The number of para-hydroxylation sites is 2. The smallest absolute Gasteiger partial charge is 0.349 e. The number of nitrogens with one attached hydrogen (secondary N) is 1. The zero-order valence-corrected chi connectivity index (χ0v) is 16.0. The Labute approximate surface area is 165 Å². The Bertz CT molecular complexity index is 1190. The molecule has 2 aromatic carbocycles. The van der Waals surface area contributed by atoms with E-state index < -0.39 is 23.3 Å². The lowest BCUT2D eigenvalue weighted by Gasteiger charge is -2.16. The standard InChI is InChI=1S/C20H19N3O6/c1-12(19(25)28-3)29-17-13(7-6-10-16(17)27-2)11-21-23-18(24)14-8-4-5-9-15(14)22-20(23)26/h4-12H,1-3H3,(H,22,26). The molecule has 3 aromatic rings. The predicted octanol–water partition coefficient (Wildman–Crippen LogP) is 1.52. The zero-order valence-electron chi connectivity index (χ0n) is 16.0. The number of nitrogens with zero attached hydrogens (tertiary/aromatic N) is 2. The minimum atomic E-state index is -0.907. The topological polar surface area (TPSA) is 112 Å². The number of methoxy groups -OCH3 is 2. The maximum Gasteiger partial charge on any atom is 0.349 e. The van der Waals surface area contributed by atoms with Gasteiger partial charge in [0.1, 0.15) is 0 Å². The van der Waals surface area contributed by atoms with Crippen molar-refractivity contribution in [3.05, 3.63) is 68.9 Å². The van der Waals surface area contributed by atoms with Gasteiger partial charge in [-0.1, -0.05) is 18.2 Å². The second kappa shape index (κ2) is 8.42. The Morgan fingerprint density at radius 1 is 1.14 bits per heavy atom. The van der Waals surface area contributed by atoms with Crippen LogP contribution in [-0.4, -0.2) is 42.2 Å². The van der Waals surface area contributed by atoms with Crippen LogP contribution in [0, 0.1) is 0 Å². The molecule has 1 atom stereocenters. The molecular formula is C20H19N3O6. The van der Waals surface area contributed by atoms with E-state index >= 15 is 0 Å². The molecule has 1 heterocycles. The molecule has 0 aliphatic carbocycles. The third kappa shape index (κ3) is 4.03. The fourth-order valence-corrected chi connectivity index (χ4v) is 2.69. The highest BCUT2D eigenvalue weighted by Crippen LogP contribution is 2.31. The molecule has 0 amide bonds. The van der Waals surface area contributed by atoms with E-state index in [0.29, 0.717) is 22.2 Å². The second-order valence-electron chi connectivity index (χ2n) is 6.00. The van der Waals surface area contributed by atoms with Gasteiger partial charge in [-0.3, -0.25) is 4.79 Å². The fourth-order valence-electron chi connectivity index (χ4n) is 2.69. The number of esters is 1. The summed E-state index contributed by atoms with van der Waals surface area (Å²) in [5.41, 5.74) is -0.419. The van der Waals surface area contributed by atoms with Crippen LogP contribution >= 0.6 is 0 Å². The number of benzene rings is 2. The molecule has 0 aliphatic heterocycles. The van der Waals surface area contributed by atoms with Crippen LogP contribution in [0.3, 0.4) is 0 Å². The number of aromatic amines is 1. The lowest BCUT2D eigenvalue weighted by molar-refractivity contribution is -0.147. The number of carbonyl (C=O) groups excluding carboxylic acids is 1. The van der Waals surface area contributed by atoms with Crippen molar-refractivity contribution in [2.24, 2.45) is 5.10 Å². The normalized spacial score (nSPS) is 12.1. The van der Waals surface area contributed by atoms with Crippen LogP contribution in [0.5, 0.6) is 11.5 Å². The van der Waals surface area contributed by atoms with Gasteiger partial charge in [-0.25, -0.2) is 9.59 Å². The number of fused-ring (bicyclic) bond motifs is 1. The molecule has 9 heteroatoms. The van der Waals surface area contributed by atoms with E-state index in [9.17, 15) is 14.4 Å². The van der Waals surface area contributed by atoms with Gasteiger partial charge in [0.2, 0.25) is 0 Å². The molecule has 29 heavy (non-hydrogen) atoms. The molecule has 1 aromatic heterocycles. The summed E-state index contributed by atoms with van der Waals surface area (Å²) in [7, 11) is 2.70. The van der Waals surface area contributed by atoms with Crippen LogP contribution in [0.15, 0.2) is 57.2 Å². The van der Waals surface area contributed by atoms with E-state index in [1.807, 2.05) is 0 Å². The molecule has 0 fully saturated rings. The first-order valence-corrected chi connectivity index (χ1v) is 8.66. The first kappa shape index (κ1) is 19.9. The summed E-state index contributed by atoms with van der Waals surface area (Å²) < 4.78 is 16.3. The Balaban J connectivity index is 2.06. The third-order valence-corrected chi connectivity index (χ3v) is 4.15. The molecule has 0 bridgehead atoms. The Morgan fingerprint density at radius 2 is 1.90 bits per heavy atom. The Morgan fingerprint density at radius 3 is 2.62 bits per heavy atom. The summed E-state index contributed by atoms with van der Waals surface area (Å²) in [6.07, 6.45) is 0.378. The largest absolute Gasteiger partial charge is 0.493 e. The van der Waals surface area contributed by atoms with Crippen molar-refractivity contribution in [3.8, 4) is 11.5 Å². The van der Waals surface area contributed by atoms with Gasteiger partial charge in [-0.15, -0.1) is 4.68 Å². The molecular weight excluding hydrogens is 378 g/mol. The number of aromatic nitrogens is 2. The van der Waals surface area contributed by atoms with Crippen LogP contribution in [-0.2, 0) is 9.53 Å². The number of hydrogen-bond acceptors (Lipinski definition) is 7. The van der Waals surface area contributed by atoms with Gasteiger partial charge in [0.15, 0.2) is 17.6 Å². The molecule has 0 saturated carbocycles. The monoisotopic (exact) mass is 397 g/mol. The lowest BCUT2D eigenvalue weighted by atomic mass is 10.2. The van der Waals surface area contributed by atoms with Crippen LogP contribution in [0.25, 0.3) is 10.9 Å². The fraction of sp³-hybridized carbons (Fsp3) is 0.200. The summed E-state index contributed by atoms with van der Waals surface area (Å²) >= 11 is 0. The summed E-state index contributed by atoms with van der Waals surface area (Å²) in [5, 5.41) is 4.34. The first-order valence-electron chi connectivity index (χ1n) is 8.66. The molecule has 0 saturated heterocycles. The van der Waals surface area contributed by atoms with Crippen molar-refractivity contribution >= 4 is 23.1 Å². The summed E-state index contributed by atoms with van der Waals surface area (Å²) in [5.74, 6) is 0.00683. The lowest BCUT2D eigenvalue weighted by Crippen LogP contribution is -2.32. The van der Waals surface area contributed by atoms with Crippen LogP contribution < -0.4 is 20.7 Å². The minimum absolute atomic E-state index is 0.224. The molecule has 0 radical (unpaired) electrons. The van der Waals surface area contributed by atoms with E-state index in [4.69, 9.17) is 9.47 Å². The highest BCUT2D eigenvalue weighted by molar-refractivity contribution is 5.86. The maximum atomic E-state index is 12.6. The molecule has 1 N–H and O–H groups in total. The van der Waals surface area contributed by atoms with E-state index in [1.54, 1.807) is 42.5 Å². The molecule has 0 spiro atoms. The summed E-state index contributed by atoms with van der Waals surface area (Å²) in [6, 6.07) is 11.6. The average molecular weight is 397 g/mol. The maximum absolute atomic E-state index is 12.6. The van der Waals surface area contributed by atoms with E-state index in [-0.39, 0.29) is 5.75 Å². The van der Waals surface area contributed by atoms with Gasteiger partial charge < -0.3 is 19.2 Å². The number of hydrogen-bond donors (Lipinski definition) is 1. The van der Waals surface area contributed by atoms with Crippen molar-refractivity contribution in [1.29, 1.82) is 0 Å². The summed E-state index contributed by atoms with van der Waals surface area (Å²) in [4.78, 5) is 39.2. The van der Waals surface area contributed by atoms with E-state index in [2.05, 4.69) is 14.8 Å². The quantitative estimate of drug-likeness (QED) is 0.499. The van der Waals surface area contributed by atoms with Gasteiger partial charge in [-0.2, -0.15) is 5.10 Å². The minimum Gasteiger partial charge on any atom is -0.493 e. The van der Waals surface area contributed by atoms with Gasteiger partial charge in [0, 0.05) is 5.56 Å². The molecule has 3 rings (SSSR count). The van der Waals surface area contributed by atoms with Crippen molar-refractivity contribution in [2.45, 2.75) is 13.0 Å². The molecule has 150 valence electrons. The number of ether oxygens (including phenoxy) is 3. The van der Waals surface area contributed by atoms with Crippen LogP contribution in [0.1, 0.15) is 12.5 Å². The predicted molar refractivity (Wildman–Crippen MR) is 107 cm³/mol. The molecule has 0 aliphatic rings. The van der Waals surface area contributed by atoms with Crippen LogP contribution in [0.2, 0.25) is 0 Å². The van der Waals surface area contributed by atoms with Gasteiger partial charge in [-0.05, 0) is 31.2 Å². The van der Waals surface area contributed by atoms with E-state index in [0.717, 1.165) is 4.68 Å². The van der Waals surface area contributed by atoms with Crippen molar-refractivity contribution in [2.75, 3.05) is 14.2 Å². The molecule has 1 unspecified atom stereocenters. The molecule has 9 nitrogen and oxygen atoms in total. The SMILES string of the molecule is COC(=O)C(C)Oc1c(C=Nn2c(=O)[nH]c3ccccc3c2=O)cccc1OC. The number of H-pyrrole nitrogens is 1. The number of carbonyl (C=O) groups is 1. The van der Waals surface area contributed by atoms with Crippen molar-refractivity contribution < 1.29 is 19.0 Å². The van der Waals surface area contributed by atoms with Gasteiger partial charge in [0.25, 0.3) is 5.56 Å². The highest BCUT2D eigenvalue weighted by atomic mass is 16.6. The Kier molecular flexibility index (Phi) is 5.77. The highest BCUT2D eigenvalue weighted by Gasteiger charge is 2.19. The van der Waals surface area contributed by atoms with Gasteiger partial charge >= 0.3 is 11.7 Å².